The van der Waals surface area contributed by atoms with E-state index in [0.717, 1.165) is 17.2 Å². The molecule has 0 saturated carbocycles. The minimum Gasteiger partial charge on any atom is -0.475 e. The summed E-state index contributed by atoms with van der Waals surface area (Å²) in [4.78, 5) is 11.8. The van der Waals surface area contributed by atoms with Gasteiger partial charge >= 0.3 is 0 Å². The van der Waals surface area contributed by atoms with Crippen molar-refractivity contribution in [2.75, 3.05) is 0 Å². The fourth-order valence-corrected chi connectivity index (χ4v) is 2.18. The quantitative estimate of drug-likeness (QED) is 0.292. The molecule has 0 amide bonds. The molecule has 0 radical (unpaired) electrons. The molecule has 2 heterocycles. The van der Waals surface area contributed by atoms with Crippen LogP contribution in [0, 0.1) is 13.0 Å². The maximum atomic E-state index is 11.8. The van der Waals surface area contributed by atoms with E-state index in [0.29, 0.717) is 11.3 Å². The van der Waals surface area contributed by atoms with Crippen LogP contribution in [0.3, 0.4) is 0 Å². The van der Waals surface area contributed by atoms with E-state index in [9.17, 15) is 4.79 Å². The van der Waals surface area contributed by atoms with Gasteiger partial charge in [-0.05, 0) is 12.1 Å². The first-order chi connectivity index (χ1) is 8.18. The molecule has 0 atom stereocenters. The van der Waals surface area contributed by atoms with Gasteiger partial charge in [-0.2, -0.15) is 0 Å². The summed E-state index contributed by atoms with van der Waals surface area (Å²) in [5, 5.41) is 0. The van der Waals surface area contributed by atoms with Crippen LogP contribution >= 0.6 is 0 Å². The lowest BCUT2D eigenvalue weighted by molar-refractivity contribution is -0.420. The number of rotatable bonds is 0. The molecule has 1 aromatic carbocycles. The van der Waals surface area contributed by atoms with E-state index < -0.39 is 0 Å². The molecule has 0 unspecified atom stereocenters. The smallest absolute Gasteiger partial charge is 0.295 e. The lowest BCUT2D eigenvalue weighted by Crippen LogP contribution is -2.31. The van der Waals surface area contributed by atoms with Crippen molar-refractivity contribution in [3.05, 3.63) is 59.3 Å². The van der Waals surface area contributed by atoms with Gasteiger partial charge in [-0.3, -0.25) is 4.79 Å². The molecule has 2 aliphatic heterocycles. The standard InChI is InChI=1S/C14H11NO2/c1-9-5-3-7-11-12(9)13-10(14(16)17-11)6-4-8-15(13)2/h3-8H,2H2,1H3. The molecule has 0 bridgehead atoms. The molecule has 0 saturated heterocycles. The maximum absolute atomic E-state index is 11.8. The Hall–Kier alpha value is -2.29. The highest BCUT2D eigenvalue weighted by molar-refractivity contribution is 5.98. The highest BCUT2D eigenvalue weighted by Crippen LogP contribution is 2.40. The third kappa shape index (κ3) is 1.32. The van der Waals surface area contributed by atoms with Crippen LogP contribution in [0.15, 0.2) is 42.1 Å². The van der Waals surface area contributed by atoms with Gasteiger partial charge in [-0.15, -0.1) is 0 Å². The topological polar surface area (TPSA) is 29.3 Å². The lowest BCUT2D eigenvalue weighted by atomic mass is 9.90. The number of fused-ring (bicyclic) bond motifs is 3. The Morgan fingerprint density at radius 3 is 3.06 bits per heavy atom. The van der Waals surface area contributed by atoms with E-state index in [1.54, 1.807) is 22.8 Å². The summed E-state index contributed by atoms with van der Waals surface area (Å²) in [6.07, 6.45) is 5.37. The summed E-state index contributed by atoms with van der Waals surface area (Å²) in [5.74, 6) is 0.280. The zero-order valence-corrected chi connectivity index (χ0v) is 9.43. The van der Waals surface area contributed by atoms with Crippen molar-refractivity contribution >= 4 is 12.7 Å². The summed E-state index contributed by atoms with van der Waals surface area (Å²) in [6.45, 7) is 5.91. The van der Waals surface area contributed by atoms with E-state index in [4.69, 9.17) is 4.74 Å². The van der Waals surface area contributed by atoms with E-state index in [1.807, 2.05) is 25.3 Å². The molecule has 3 nitrogen and oxygen atoms in total. The Kier molecular flexibility index (Phi) is 1.95. The third-order valence-electron chi connectivity index (χ3n) is 2.97. The van der Waals surface area contributed by atoms with Gasteiger partial charge in [-0.25, -0.2) is 4.58 Å². The van der Waals surface area contributed by atoms with E-state index in [2.05, 4.69) is 6.72 Å². The van der Waals surface area contributed by atoms with Gasteiger partial charge in [0.2, 0.25) is 0 Å². The molecule has 2 aliphatic rings. The molecule has 0 fully saturated rings. The van der Waals surface area contributed by atoms with Crippen LogP contribution in [-0.2, 0) is 4.79 Å². The molecular formula is C14H11NO2. The maximum Gasteiger partial charge on any atom is 0.295 e. The van der Waals surface area contributed by atoms with Crippen molar-refractivity contribution in [3.63, 3.8) is 0 Å². The number of hydrogen-bond donors (Lipinski definition) is 0. The third-order valence-corrected chi connectivity index (χ3v) is 2.97. The molecule has 0 N–H and O–H groups in total. The van der Waals surface area contributed by atoms with Gasteiger partial charge in [0.05, 0.1) is 18.0 Å². The SMILES string of the molecule is C=[N+]1C=CC=C2C(=O)Oc3cccc(C)c3[C-]21. The van der Waals surface area contributed by atoms with Crippen molar-refractivity contribution in [3.8, 4) is 5.75 Å². The fourth-order valence-electron chi connectivity index (χ4n) is 2.18. The number of nitrogens with zero attached hydrogens (tertiary/aromatic N) is 1. The monoisotopic (exact) mass is 225 g/mol. The number of allylic oxidation sites excluding steroid dienone is 2. The Morgan fingerprint density at radius 1 is 1.41 bits per heavy atom. The van der Waals surface area contributed by atoms with Gasteiger partial charge in [-0.1, -0.05) is 30.7 Å². The minimum absolute atomic E-state index is 0.323. The summed E-state index contributed by atoms with van der Waals surface area (Å²) in [6, 6.07) is 6.49. The molecule has 17 heavy (non-hydrogen) atoms. The molecule has 3 heteroatoms. The molecule has 0 spiro atoms. The second-order valence-electron chi connectivity index (χ2n) is 4.08. The molecule has 84 valence electrons. The van der Waals surface area contributed by atoms with Crippen LogP contribution in [0.2, 0.25) is 0 Å². The molecule has 3 rings (SSSR count). The van der Waals surface area contributed by atoms with E-state index >= 15 is 0 Å². The second-order valence-corrected chi connectivity index (χ2v) is 4.08. The van der Waals surface area contributed by atoms with E-state index in [-0.39, 0.29) is 5.97 Å². The average Bonchev–Trinajstić information content (AvgIpc) is 2.30. The molecule has 1 aromatic rings. The number of carbonyl (C=O) groups is 1. The van der Waals surface area contributed by atoms with Crippen molar-refractivity contribution in [1.82, 2.24) is 0 Å². The Balaban J connectivity index is 2.28. The largest absolute Gasteiger partial charge is 0.475 e. The number of ether oxygens (including phenoxy) is 1. The normalized spacial score (nSPS) is 17.2. The van der Waals surface area contributed by atoms with Crippen molar-refractivity contribution in [2.45, 2.75) is 6.92 Å². The summed E-state index contributed by atoms with van der Waals surface area (Å²) in [5.41, 5.74) is 2.57. The van der Waals surface area contributed by atoms with Crippen molar-refractivity contribution in [1.29, 1.82) is 0 Å². The minimum atomic E-state index is -0.323. The predicted octanol–water partition coefficient (Wildman–Crippen LogP) is 1.96. The van der Waals surface area contributed by atoms with Gasteiger partial charge in [0, 0.05) is 5.56 Å². The Labute approximate surface area is 99.3 Å². The molecule has 0 aliphatic carbocycles. The van der Waals surface area contributed by atoms with Crippen LogP contribution in [0.4, 0.5) is 0 Å². The zero-order chi connectivity index (χ0) is 12.0. The average molecular weight is 225 g/mol. The number of aryl methyl sites for hydroxylation is 1. The van der Waals surface area contributed by atoms with Gasteiger partial charge in [0.15, 0.2) is 6.04 Å². The fraction of sp³-hybridized carbons (Fsp3) is 0.0714. The first-order valence-electron chi connectivity index (χ1n) is 5.36. The first kappa shape index (κ1) is 9.90. The summed E-state index contributed by atoms with van der Waals surface area (Å²) >= 11 is 0. The predicted molar refractivity (Wildman–Crippen MR) is 63.8 cm³/mol. The number of carbonyl (C=O) groups excluding carboxylic acids is 1. The lowest BCUT2D eigenvalue weighted by Gasteiger charge is -2.30. The van der Waals surface area contributed by atoms with E-state index in [1.165, 1.54) is 0 Å². The summed E-state index contributed by atoms with van der Waals surface area (Å²) < 4.78 is 7.02. The highest BCUT2D eigenvalue weighted by atomic mass is 16.5. The van der Waals surface area contributed by atoms with Crippen molar-refractivity contribution in [2.24, 2.45) is 0 Å². The van der Waals surface area contributed by atoms with Gasteiger partial charge < -0.3 is 4.74 Å². The van der Waals surface area contributed by atoms with Gasteiger partial charge in [0.25, 0.3) is 5.97 Å². The Morgan fingerprint density at radius 2 is 2.24 bits per heavy atom. The van der Waals surface area contributed by atoms with Crippen LogP contribution in [0.1, 0.15) is 11.1 Å². The first-order valence-corrected chi connectivity index (χ1v) is 5.36. The van der Waals surface area contributed by atoms with Crippen LogP contribution < -0.4 is 4.74 Å². The highest BCUT2D eigenvalue weighted by Gasteiger charge is 2.35. The zero-order valence-electron chi connectivity index (χ0n) is 9.43. The van der Waals surface area contributed by atoms with Crippen LogP contribution in [-0.4, -0.2) is 17.3 Å². The van der Waals surface area contributed by atoms with Crippen LogP contribution in [0.25, 0.3) is 0 Å². The molecule has 0 aromatic heterocycles. The number of hydrogen-bond acceptors (Lipinski definition) is 2. The van der Waals surface area contributed by atoms with Crippen molar-refractivity contribution < 1.29 is 14.1 Å². The Bertz CT molecular complexity index is 596. The second kappa shape index (κ2) is 3.35. The number of benzene rings is 1. The molecular weight excluding hydrogens is 214 g/mol. The number of esters is 1. The van der Waals surface area contributed by atoms with Crippen LogP contribution in [0.5, 0.6) is 5.75 Å². The summed E-state index contributed by atoms with van der Waals surface area (Å²) in [7, 11) is 0. The van der Waals surface area contributed by atoms with Gasteiger partial charge in [0.1, 0.15) is 6.20 Å².